The minimum atomic E-state index is -0.203. The van der Waals surface area contributed by atoms with Crippen LogP contribution >= 0.6 is 0 Å². The van der Waals surface area contributed by atoms with Gasteiger partial charge >= 0.3 is 0 Å². The summed E-state index contributed by atoms with van der Waals surface area (Å²) in [4.78, 5) is 19.8. The Hall–Kier alpha value is -3.45. The number of nitrogens with one attached hydrogen (secondary N) is 3. The van der Waals surface area contributed by atoms with Crippen LogP contribution in [0.5, 0.6) is 0 Å². The second-order valence-corrected chi connectivity index (χ2v) is 6.35. The van der Waals surface area contributed by atoms with Crippen LogP contribution in [0, 0.1) is 0 Å². The minimum absolute atomic E-state index is 0.154. The average molecular weight is 360 g/mol. The lowest BCUT2D eigenvalue weighted by molar-refractivity contribution is -0.117. The van der Waals surface area contributed by atoms with Gasteiger partial charge in [-0.3, -0.25) is 9.89 Å². The molecule has 136 valence electrons. The molecule has 1 atom stereocenters. The first-order valence-electron chi connectivity index (χ1n) is 8.77. The Kier molecular flexibility index (Phi) is 4.67. The third-order valence-electron chi connectivity index (χ3n) is 4.53. The quantitative estimate of drug-likeness (QED) is 0.395. The van der Waals surface area contributed by atoms with Crippen LogP contribution in [0.4, 0.5) is 0 Å². The van der Waals surface area contributed by atoms with E-state index in [9.17, 15) is 4.79 Å². The van der Waals surface area contributed by atoms with Crippen molar-refractivity contribution in [3.8, 4) is 0 Å². The molecular weight excluding hydrogens is 340 g/mol. The number of hydrogen-bond donors (Lipinski definition) is 4. The van der Waals surface area contributed by atoms with E-state index in [1.807, 2.05) is 36.5 Å². The van der Waals surface area contributed by atoms with Crippen molar-refractivity contribution in [2.75, 3.05) is 6.54 Å². The van der Waals surface area contributed by atoms with Gasteiger partial charge in [-0.2, -0.15) is 5.10 Å². The number of hydrogen-bond acceptors (Lipinski definition) is 4. The molecule has 0 aliphatic carbocycles. The molecule has 3 aromatic heterocycles. The minimum Gasteiger partial charge on any atom is -0.361 e. The van der Waals surface area contributed by atoms with Crippen molar-refractivity contribution in [1.82, 2.24) is 25.5 Å². The summed E-state index contributed by atoms with van der Waals surface area (Å²) >= 11 is 0. The number of amides is 1. The van der Waals surface area contributed by atoms with Gasteiger partial charge in [0, 0.05) is 47.3 Å². The van der Waals surface area contributed by atoms with E-state index < -0.39 is 0 Å². The van der Waals surface area contributed by atoms with Gasteiger partial charge in [0.05, 0.1) is 5.69 Å². The molecule has 0 radical (unpaired) electrons. The van der Waals surface area contributed by atoms with Gasteiger partial charge < -0.3 is 16.0 Å². The fourth-order valence-electron chi connectivity index (χ4n) is 3.16. The maximum Gasteiger partial charge on any atom is 0.244 e. The predicted octanol–water partition coefficient (Wildman–Crippen LogP) is 2.14. The van der Waals surface area contributed by atoms with Gasteiger partial charge in [-0.05, 0) is 36.3 Å². The summed E-state index contributed by atoms with van der Waals surface area (Å²) in [6, 6.07) is 11.7. The molecule has 7 heteroatoms. The number of nitrogens with zero attached hydrogens (tertiary/aromatic N) is 2. The number of aromatic nitrogens is 4. The van der Waals surface area contributed by atoms with E-state index in [0.29, 0.717) is 24.3 Å². The molecule has 0 unspecified atom stereocenters. The van der Waals surface area contributed by atoms with Crippen molar-refractivity contribution in [3.05, 3.63) is 66.1 Å². The number of pyridine rings is 1. The summed E-state index contributed by atoms with van der Waals surface area (Å²) in [5.74, 6) is -0.203. The lowest BCUT2D eigenvalue weighted by atomic mass is 10.0. The van der Waals surface area contributed by atoms with Crippen molar-refractivity contribution in [2.45, 2.75) is 12.5 Å². The molecule has 7 nitrogen and oxygen atoms in total. The number of aromatic amines is 2. The average Bonchev–Trinajstić information content (AvgIpc) is 3.30. The summed E-state index contributed by atoms with van der Waals surface area (Å²) in [6.07, 6.45) is 7.47. The van der Waals surface area contributed by atoms with Gasteiger partial charge in [0.1, 0.15) is 0 Å². The third-order valence-corrected chi connectivity index (χ3v) is 4.53. The van der Waals surface area contributed by atoms with Gasteiger partial charge in [0.25, 0.3) is 0 Å². The number of benzene rings is 1. The molecule has 4 aromatic rings. The zero-order chi connectivity index (χ0) is 18.6. The largest absolute Gasteiger partial charge is 0.361 e. The van der Waals surface area contributed by atoms with Crippen LogP contribution in [-0.4, -0.2) is 38.7 Å². The van der Waals surface area contributed by atoms with Crippen molar-refractivity contribution < 1.29 is 4.79 Å². The van der Waals surface area contributed by atoms with E-state index in [2.05, 4.69) is 31.5 Å². The zero-order valence-electron chi connectivity index (χ0n) is 14.6. The Balaban J connectivity index is 1.44. The fraction of sp³-hybridized carbons (Fsp3) is 0.150. The number of fused-ring (bicyclic) bond motifs is 2. The van der Waals surface area contributed by atoms with Gasteiger partial charge in [-0.15, -0.1) is 0 Å². The highest BCUT2D eigenvalue weighted by molar-refractivity contribution is 5.94. The molecule has 4 rings (SSSR count). The second kappa shape index (κ2) is 7.43. The molecule has 1 aromatic carbocycles. The van der Waals surface area contributed by atoms with Crippen LogP contribution in [0.3, 0.4) is 0 Å². The predicted molar refractivity (Wildman–Crippen MR) is 106 cm³/mol. The van der Waals surface area contributed by atoms with Crippen LogP contribution in [-0.2, 0) is 11.2 Å². The van der Waals surface area contributed by atoms with E-state index in [4.69, 9.17) is 5.73 Å². The van der Waals surface area contributed by atoms with Crippen LogP contribution in [0.15, 0.2) is 54.9 Å². The summed E-state index contributed by atoms with van der Waals surface area (Å²) in [5, 5.41) is 12.0. The summed E-state index contributed by atoms with van der Waals surface area (Å²) in [5.41, 5.74) is 9.45. The Labute approximate surface area is 155 Å². The van der Waals surface area contributed by atoms with Crippen LogP contribution in [0.2, 0.25) is 0 Å². The molecule has 3 heterocycles. The summed E-state index contributed by atoms with van der Waals surface area (Å²) in [6.45, 7) is 0.355. The number of carbonyl (C=O) groups excluding carboxylic acids is 1. The van der Waals surface area contributed by atoms with Gasteiger partial charge in [0.15, 0.2) is 5.65 Å². The highest BCUT2D eigenvalue weighted by Crippen LogP contribution is 2.19. The van der Waals surface area contributed by atoms with E-state index in [-0.39, 0.29) is 11.9 Å². The Morgan fingerprint density at radius 1 is 1.22 bits per heavy atom. The first kappa shape index (κ1) is 17.0. The fourth-order valence-corrected chi connectivity index (χ4v) is 3.16. The molecule has 27 heavy (non-hydrogen) atoms. The van der Waals surface area contributed by atoms with Gasteiger partial charge in [-0.25, -0.2) is 4.98 Å². The molecule has 0 aliphatic heterocycles. The van der Waals surface area contributed by atoms with Crippen molar-refractivity contribution in [1.29, 1.82) is 0 Å². The molecule has 0 spiro atoms. The van der Waals surface area contributed by atoms with E-state index in [1.54, 1.807) is 12.3 Å². The molecule has 0 aliphatic rings. The number of carbonyl (C=O) groups is 1. The lowest BCUT2D eigenvalue weighted by Crippen LogP contribution is -2.40. The number of H-pyrrole nitrogens is 2. The van der Waals surface area contributed by atoms with Gasteiger partial charge in [-0.1, -0.05) is 18.2 Å². The molecule has 0 bridgehead atoms. The normalized spacial score (nSPS) is 12.8. The van der Waals surface area contributed by atoms with E-state index in [1.165, 1.54) is 6.08 Å². The maximum atomic E-state index is 12.3. The maximum absolute atomic E-state index is 12.3. The summed E-state index contributed by atoms with van der Waals surface area (Å²) < 4.78 is 0. The Morgan fingerprint density at radius 2 is 2.07 bits per heavy atom. The first-order valence-corrected chi connectivity index (χ1v) is 8.77. The van der Waals surface area contributed by atoms with Crippen LogP contribution in [0.1, 0.15) is 11.3 Å². The molecule has 0 fully saturated rings. The van der Waals surface area contributed by atoms with Gasteiger partial charge in [0.2, 0.25) is 5.91 Å². The van der Waals surface area contributed by atoms with E-state index in [0.717, 1.165) is 21.9 Å². The Morgan fingerprint density at radius 3 is 2.96 bits per heavy atom. The van der Waals surface area contributed by atoms with Crippen LogP contribution in [0.25, 0.3) is 28.0 Å². The molecule has 0 saturated carbocycles. The standard InChI is InChI=1S/C20H20N6O/c21-11-14(10-13-12-23-17-6-2-1-4-15(13)17)24-19(27)8-7-18-16-5-3-9-22-20(16)26-25-18/h1-9,12,14,23H,10-11,21H2,(H,24,27)(H,22,25,26)/t14-/m0/s1. The topological polar surface area (TPSA) is 112 Å². The third kappa shape index (κ3) is 3.58. The molecule has 5 N–H and O–H groups in total. The number of para-hydroxylation sites is 1. The second-order valence-electron chi connectivity index (χ2n) is 6.35. The zero-order valence-corrected chi connectivity index (χ0v) is 14.6. The van der Waals surface area contributed by atoms with Crippen molar-refractivity contribution in [2.24, 2.45) is 5.73 Å². The Bertz CT molecular complexity index is 1110. The molecular formula is C20H20N6O. The van der Waals surface area contributed by atoms with Crippen molar-refractivity contribution >= 4 is 33.9 Å². The summed E-state index contributed by atoms with van der Waals surface area (Å²) in [7, 11) is 0. The number of nitrogens with two attached hydrogens (primary N) is 1. The molecule has 0 saturated heterocycles. The SMILES string of the molecule is NC[C@H](Cc1c[nH]c2ccccc12)NC(=O)C=Cc1n[nH]c2ncccc12. The van der Waals surface area contributed by atoms with Crippen LogP contribution < -0.4 is 11.1 Å². The monoisotopic (exact) mass is 360 g/mol. The highest BCUT2D eigenvalue weighted by atomic mass is 16.1. The molecule has 1 amide bonds. The smallest absolute Gasteiger partial charge is 0.244 e. The van der Waals surface area contributed by atoms with E-state index >= 15 is 0 Å². The van der Waals surface area contributed by atoms with Crippen molar-refractivity contribution in [3.63, 3.8) is 0 Å². The lowest BCUT2D eigenvalue weighted by Gasteiger charge is -2.15. The first-order chi connectivity index (χ1) is 13.2. The highest BCUT2D eigenvalue weighted by Gasteiger charge is 2.13. The number of rotatable bonds is 6.